The molecule has 0 amide bonds. The van der Waals surface area contributed by atoms with Crippen molar-refractivity contribution in [3.63, 3.8) is 0 Å². The number of hydrogen-bond donors (Lipinski definition) is 0. The van der Waals surface area contributed by atoms with E-state index in [4.69, 9.17) is 30.5 Å². The Morgan fingerprint density at radius 1 is 1.05 bits per heavy atom. The Labute approximate surface area is 131 Å². The smallest absolute Gasteiger partial charge is 0.195 e. The highest BCUT2D eigenvalue weighted by molar-refractivity contribution is 6.32. The van der Waals surface area contributed by atoms with Crippen LogP contribution in [0.1, 0.15) is 39.2 Å². The molecule has 0 aromatic heterocycles. The van der Waals surface area contributed by atoms with Gasteiger partial charge in [-0.25, -0.2) is 0 Å². The van der Waals surface area contributed by atoms with Crippen LogP contribution in [0.25, 0.3) is 0 Å². The molecule has 0 atom stereocenters. The van der Waals surface area contributed by atoms with Crippen LogP contribution in [0.4, 0.5) is 0 Å². The number of hydrogen-bond acceptors (Lipinski definition) is 4. The molecular weight excluding hydrogens is 292 g/mol. The lowest BCUT2D eigenvalue weighted by Gasteiger charge is -2.26. The Bertz CT molecular complexity index is 470. The summed E-state index contributed by atoms with van der Waals surface area (Å²) in [6.07, 6.45) is 1.85. The molecule has 1 aliphatic heterocycles. The van der Waals surface area contributed by atoms with Crippen molar-refractivity contribution in [3.05, 3.63) is 22.7 Å². The van der Waals surface area contributed by atoms with Crippen molar-refractivity contribution in [2.24, 2.45) is 0 Å². The molecule has 1 saturated heterocycles. The van der Waals surface area contributed by atoms with Crippen molar-refractivity contribution >= 4 is 11.6 Å². The summed E-state index contributed by atoms with van der Waals surface area (Å²) in [6.45, 7) is 8.38. The van der Waals surface area contributed by atoms with Gasteiger partial charge in [0, 0.05) is 6.07 Å². The fraction of sp³-hybridized carbons (Fsp3) is 0.625. The van der Waals surface area contributed by atoms with Crippen LogP contribution in [0.3, 0.4) is 0 Å². The van der Waals surface area contributed by atoms with Crippen LogP contribution < -0.4 is 9.47 Å². The molecule has 2 rings (SSSR count). The van der Waals surface area contributed by atoms with Crippen molar-refractivity contribution in [1.29, 1.82) is 0 Å². The van der Waals surface area contributed by atoms with Gasteiger partial charge in [0.05, 0.1) is 37.0 Å². The second-order valence-electron chi connectivity index (χ2n) is 5.12. The molecule has 0 radical (unpaired) electrons. The van der Waals surface area contributed by atoms with Crippen molar-refractivity contribution < 1.29 is 18.9 Å². The zero-order valence-corrected chi connectivity index (χ0v) is 13.7. The minimum atomic E-state index is -0.810. The lowest BCUT2D eigenvalue weighted by atomic mass is 10.1. The maximum Gasteiger partial charge on any atom is 0.195 e. The topological polar surface area (TPSA) is 36.9 Å². The molecule has 1 aliphatic rings. The van der Waals surface area contributed by atoms with E-state index in [0.717, 1.165) is 18.4 Å². The predicted molar refractivity (Wildman–Crippen MR) is 82.3 cm³/mol. The van der Waals surface area contributed by atoms with Crippen molar-refractivity contribution in [2.45, 2.75) is 39.4 Å². The minimum Gasteiger partial charge on any atom is -0.493 e. The van der Waals surface area contributed by atoms with Gasteiger partial charge in [-0.3, -0.25) is 0 Å². The third-order valence-electron chi connectivity index (χ3n) is 3.29. The molecule has 0 unspecified atom stereocenters. The van der Waals surface area contributed by atoms with Gasteiger partial charge in [0.1, 0.15) is 11.5 Å². The third-order valence-corrected chi connectivity index (χ3v) is 3.58. The number of halogens is 1. The highest BCUT2D eigenvalue weighted by Gasteiger charge is 2.36. The molecule has 0 bridgehead atoms. The molecule has 0 spiro atoms. The van der Waals surface area contributed by atoms with Crippen LogP contribution in [0.5, 0.6) is 11.5 Å². The van der Waals surface area contributed by atoms with E-state index in [0.29, 0.717) is 42.9 Å². The number of rotatable bonds is 7. The van der Waals surface area contributed by atoms with Crippen LogP contribution in [0.15, 0.2) is 12.1 Å². The molecule has 1 aromatic rings. The number of benzene rings is 1. The van der Waals surface area contributed by atoms with E-state index in [-0.39, 0.29) is 0 Å². The summed E-state index contributed by atoms with van der Waals surface area (Å²) in [5, 5.41) is 0.544. The molecule has 1 aromatic carbocycles. The molecule has 1 fully saturated rings. The maximum atomic E-state index is 6.32. The lowest BCUT2D eigenvalue weighted by Crippen LogP contribution is -2.23. The predicted octanol–water partition coefficient (Wildman–Crippen LogP) is 4.14. The monoisotopic (exact) mass is 314 g/mol. The van der Waals surface area contributed by atoms with E-state index < -0.39 is 5.79 Å². The zero-order chi connectivity index (χ0) is 15.3. The standard InChI is InChI=1S/C16H23ClO4/c1-4-6-18-14-11-15(19-7-5-2)13(17)10-12(14)16(3)20-8-9-21-16/h10-11H,4-9H2,1-3H3. The van der Waals surface area contributed by atoms with Gasteiger partial charge >= 0.3 is 0 Å². The summed E-state index contributed by atoms with van der Waals surface area (Å²) in [5.74, 6) is 0.530. The average Bonchev–Trinajstić information content (AvgIpc) is 2.92. The summed E-state index contributed by atoms with van der Waals surface area (Å²) in [4.78, 5) is 0. The first kappa shape index (κ1) is 16.4. The average molecular weight is 315 g/mol. The van der Waals surface area contributed by atoms with Crippen molar-refractivity contribution in [3.8, 4) is 11.5 Å². The van der Waals surface area contributed by atoms with Crippen LogP contribution >= 0.6 is 11.6 Å². The van der Waals surface area contributed by atoms with Crippen LogP contribution in [0, 0.1) is 0 Å². The van der Waals surface area contributed by atoms with Gasteiger partial charge in [-0.1, -0.05) is 25.4 Å². The second-order valence-corrected chi connectivity index (χ2v) is 5.53. The maximum absolute atomic E-state index is 6.32. The van der Waals surface area contributed by atoms with Gasteiger partial charge in [-0.05, 0) is 25.8 Å². The lowest BCUT2D eigenvalue weighted by molar-refractivity contribution is -0.150. The van der Waals surface area contributed by atoms with Crippen LogP contribution in [-0.2, 0) is 15.3 Å². The van der Waals surface area contributed by atoms with Gasteiger partial charge in [-0.2, -0.15) is 0 Å². The zero-order valence-electron chi connectivity index (χ0n) is 12.9. The van der Waals surface area contributed by atoms with Gasteiger partial charge in [0.15, 0.2) is 5.79 Å². The fourth-order valence-electron chi connectivity index (χ4n) is 2.21. The first-order chi connectivity index (χ1) is 10.1. The van der Waals surface area contributed by atoms with Gasteiger partial charge in [0.2, 0.25) is 0 Å². The Morgan fingerprint density at radius 3 is 2.19 bits per heavy atom. The molecular formula is C16H23ClO4. The molecule has 4 nitrogen and oxygen atoms in total. The molecule has 0 N–H and O–H groups in total. The number of ether oxygens (including phenoxy) is 4. The SMILES string of the molecule is CCCOc1cc(OCCC)c(C2(C)OCCO2)cc1Cl. The first-order valence-corrected chi connectivity index (χ1v) is 7.86. The van der Waals surface area contributed by atoms with E-state index in [1.54, 1.807) is 0 Å². The minimum absolute atomic E-state index is 0.544. The van der Waals surface area contributed by atoms with E-state index in [1.165, 1.54) is 0 Å². The Morgan fingerprint density at radius 2 is 1.62 bits per heavy atom. The van der Waals surface area contributed by atoms with Gasteiger partial charge in [-0.15, -0.1) is 0 Å². The summed E-state index contributed by atoms with van der Waals surface area (Å²) < 4.78 is 22.9. The normalized spacial score (nSPS) is 17.0. The van der Waals surface area contributed by atoms with E-state index >= 15 is 0 Å². The first-order valence-electron chi connectivity index (χ1n) is 7.48. The van der Waals surface area contributed by atoms with Crippen LogP contribution in [-0.4, -0.2) is 26.4 Å². The molecule has 0 aliphatic carbocycles. The molecule has 0 saturated carbocycles. The van der Waals surface area contributed by atoms with Crippen LogP contribution in [0.2, 0.25) is 5.02 Å². The molecule has 21 heavy (non-hydrogen) atoms. The Hall–Kier alpha value is -0.970. The largest absolute Gasteiger partial charge is 0.493 e. The van der Waals surface area contributed by atoms with E-state index in [1.807, 2.05) is 19.1 Å². The fourth-order valence-corrected chi connectivity index (χ4v) is 2.43. The highest BCUT2D eigenvalue weighted by atomic mass is 35.5. The quantitative estimate of drug-likeness (QED) is 0.758. The van der Waals surface area contributed by atoms with Crippen molar-refractivity contribution in [1.82, 2.24) is 0 Å². The summed E-state index contributed by atoms with van der Waals surface area (Å²) in [7, 11) is 0. The highest BCUT2D eigenvalue weighted by Crippen LogP contribution is 2.42. The second kappa shape index (κ2) is 7.34. The van der Waals surface area contributed by atoms with E-state index in [2.05, 4.69) is 13.8 Å². The molecule has 5 heteroatoms. The summed E-state index contributed by atoms with van der Waals surface area (Å²) in [6, 6.07) is 3.65. The molecule has 118 valence electrons. The van der Waals surface area contributed by atoms with Gasteiger partial charge < -0.3 is 18.9 Å². The Balaban J connectivity index is 2.35. The Kier molecular flexibility index (Phi) is 5.73. The van der Waals surface area contributed by atoms with E-state index in [9.17, 15) is 0 Å². The molecule has 1 heterocycles. The third kappa shape index (κ3) is 3.82. The summed E-state index contributed by atoms with van der Waals surface area (Å²) >= 11 is 6.32. The van der Waals surface area contributed by atoms with Gasteiger partial charge in [0.25, 0.3) is 0 Å². The summed E-state index contributed by atoms with van der Waals surface area (Å²) in [5.41, 5.74) is 0.808. The van der Waals surface area contributed by atoms with Crippen molar-refractivity contribution in [2.75, 3.05) is 26.4 Å².